The van der Waals surface area contributed by atoms with E-state index in [1.807, 2.05) is 25.1 Å². The van der Waals surface area contributed by atoms with Gasteiger partial charge in [0.05, 0.1) is 11.2 Å². The summed E-state index contributed by atoms with van der Waals surface area (Å²) in [5.41, 5.74) is 3.75. The number of amides is 1. The Hall–Kier alpha value is -3.48. The second-order valence-electron chi connectivity index (χ2n) is 6.55. The van der Waals surface area contributed by atoms with Crippen LogP contribution in [0.15, 0.2) is 36.4 Å². The molecule has 1 heterocycles. The van der Waals surface area contributed by atoms with Crippen LogP contribution < -0.4 is 5.32 Å². The fourth-order valence-electron chi connectivity index (χ4n) is 2.97. The van der Waals surface area contributed by atoms with Crippen LogP contribution in [0.1, 0.15) is 28.8 Å². The van der Waals surface area contributed by atoms with Crippen molar-refractivity contribution in [1.82, 2.24) is 10.2 Å². The van der Waals surface area contributed by atoms with Gasteiger partial charge < -0.3 is 10.4 Å². The Bertz CT molecular complexity index is 1090. The van der Waals surface area contributed by atoms with Crippen LogP contribution in [-0.2, 0) is 16.0 Å². The van der Waals surface area contributed by atoms with Gasteiger partial charge in [-0.2, -0.15) is 5.10 Å². The molecule has 0 aliphatic rings. The number of hydrogen-bond acceptors (Lipinski definition) is 3. The van der Waals surface area contributed by atoms with E-state index >= 15 is 0 Å². The zero-order valence-electron chi connectivity index (χ0n) is 15.5. The quantitative estimate of drug-likeness (QED) is 0.563. The molecular formula is C21H20FN3O3. The molecule has 3 N–H and O–H groups in total. The number of aromatic nitrogens is 2. The van der Waals surface area contributed by atoms with Crippen molar-refractivity contribution in [3.05, 3.63) is 64.6 Å². The number of fused-ring (bicyclic) bond motifs is 1. The Kier molecular flexibility index (Phi) is 5.54. The van der Waals surface area contributed by atoms with Gasteiger partial charge in [0.15, 0.2) is 0 Å². The van der Waals surface area contributed by atoms with Crippen molar-refractivity contribution in [1.29, 1.82) is 0 Å². The Morgan fingerprint density at radius 3 is 2.79 bits per heavy atom. The molecule has 2 aromatic carbocycles. The van der Waals surface area contributed by atoms with Gasteiger partial charge in [-0.1, -0.05) is 18.2 Å². The van der Waals surface area contributed by atoms with Crippen molar-refractivity contribution in [2.24, 2.45) is 0 Å². The predicted octanol–water partition coefficient (Wildman–Crippen LogP) is 3.99. The van der Waals surface area contributed by atoms with Crippen molar-refractivity contribution in [2.45, 2.75) is 26.7 Å². The van der Waals surface area contributed by atoms with Crippen LogP contribution in [0, 0.1) is 19.7 Å². The second kappa shape index (κ2) is 8.04. The molecule has 0 saturated heterocycles. The minimum Gasteiger partial charge on any atom is -0.481 e. The SMILES string of the molecule is Cc1c(F)ccc(CCC(=O)O)c1NC(=O)C=Cc1ccc2c(C)[nH]nc2c1. The third-order valence-electron chi connectivity index (χ3n) is 4.54. The van der Waals surface area contributed by atoms with E-state index in [9.17, 15) is 14.0 Å². The molecule has 0 saturated carbocycles. The minimum absolute atomic E-state index is 0.104. The maximum Gasteiger partial charge on any atom is 0.303 e. The van der Waals surface area contributed by atoms with Gasteiger partial charge in [-0.25, -0.2) is 4.39 Å². The second-order valence-corrected chi connectivity index (χ2v) is 6.55. The molecule has 1 aromatic heterocycles. The highest BCUT2D eigenvalue weighted by Crippen LogP contribution is 2.25. The Morgan fingerprint density at radius 1 is 1.25 bits per heavy atom. The van der Waals surface area contributed by atoms with Gasteiger partial charge in [-0.3, -0.25) is 14.7 Å². The lowest BCUT2D eigenvalue weighted by molar-refractivity contribution is -0.136. The van der Waals surface area contributed by atoms with Crippen LogP contribution in [0.3, 0.4) is 0 Å². The number of nitrogens with zero attached hydrogens (tertiary/aromatic N) is 1. The summed E-state index contributed by atoms with van der Waals surface area (Å²) in [4.78, 5) is 23.2. The van der Waals surface area contributed by atoms with E-state index in [0.717, 1.165) is 22.2 Å². The zero-order valence-corrected chi connectivity index (χ0v) is 15.5. The summed E-state index contributed by atoms with van der Waals surface area (Å²) in [6.07, 6.45) is 3.09. The zero-order chi connectivity index (χ0) is 20.3. The Labute approximate surface area is 161 Å². The highest BCUT2D eigenvalue weighted by molar-refractivity contribution is 6.03. The molecule has 0 aliphatic carbocycles. The molecule has 6 nitrogen and oxygen atoms in total. The first-order chi connectivity index (χ1) is 13.3. The third kappa shape index (κ3) is 4.25. The number of halogens is 1. The number of aliphatic carboxylic acids is 1. The molecule has 7 heteroatoms. The standard InChI is InChI=1S/C21H20FN3O3/c1-12-17(22)8-5-15(6-10-20(27)28)21(12)23-19(26)9-4-14-3-7-16-13(2)24-25-18(16)11-14/h3-5,7-9,11H,6,10H2,1-2H3,(H,23,26)(H,24,25)(H,27,28). The van der Waals surface area contributed by atoms with Gasteiger partial charge in [0.25, 0.3) is 0 Å². The molecule has 0 spiro atoms. The van der Waals surface area contributed by atoms with Gasteiger partial charge in [0.1, 0.15) is 5.82 Å². The molecule has 1 amide bonds. The van der Waals surface area contributed by atoms with Crippen molar-refractivity contribution < 1.29 is 19.1 Å². The van der Waals surface area contributed by atoms with Crippen molar-refractivity contribution in [3.8, 4) is 0 Å². The lowest BCUT2D eigenvalue weighted by Gasteiger charge is -2.13. The largest absolute Gasteiger partial charge is 0.481 e. The predicted molar refractivity (Wildman–Crippen MR) is 106 cm³/mol. The number of aryl methyl sites for hydroxylation is 2. The summed E-state index contributed by atoms with van der Waals surface area (Å²) in [5, 5.41) is 19.7. The molecular weight excluding hydrogens is 361 g/mol. The van der Waals surface area contributed by atoms with E-state index in [0.29, 0.717) is 11.3 Å². The number of rotatable bonds is 6. The molecule has 3 aromatic rings. The third-order valence-corrected chi connectivity index (χ3v) is 4.54. The van der Waals surface area contributed by atoms with E-state index in [2.05, 4.69) is 15.5 Å². The van der Waals surface area contributed by atoms with E-state index in [4.69, 9.17) is 5.11 Å². The van der Waals surface area contributed by atoms with Gasteiger partial charge in [0.2, 0.25) is 5.91 Å². The highest BCUT2D eigenvalue weighted by Gasteiger charge is 2.13. The molecule has 0 aliphatic heterocycles. The fraction of sp³-hybridized carbons (Fsp3) is 0.190. The number of carboxylic acid groups (broad SMARTS) is 1. The molecule has 144 valence electrons. The topological polar surface area (TPSA) is 95.1 Å². The van der Waals surface area contributed by atoms with Crippen LogP contribution in [0.2, 0.25) is 0 Å². The Morgan fingerprint density at radius 2 is 2.04 bits per heavy atom. The first-order valence-electron chi connectivity index (χ1n) is 8.78. The number of anilines is 1. The van der Waals surface area contributed by atoms with Gasteiger partial charge in [0, 0.05) is 29.1 Å². The molecule has 0 unspecified atom stereocenters. The summed E-state index contributed by atoms with van der Waals surface area (Å²) in [6.45, 7) is 3.48. The summed E-state index contributed by atoms with van der Waals surface area (Å²) in [7, 11) is 0. The summed E-state index contributed by atoms with van der Waals surface area (Å²) < 4.78 is 13.9. The van der Waals surface area contributed by atoms with E-state index in [1.165, 1.54) is 18.2 Å². The minimum atomic E-state index is -0.955. The Balaban J connectivity index is 1.78. The molecule has 0 fully saturated rings. The van der Waals surface area contributed by atoms with E-state index in [-0.39, 0.29) is 18.4 Å². The van der Waals surface area contributed by atoms with Crippen LogP contribution >= 0.6 is 0 Å². The summed E-state index contributed by atoms with van der Waals surface area (Å²) >= 11 is 0. The highest BCUT2D eigenvalue weighted by atomic mass is 19.1. The number of hydrogen-bond donors (Lipinski definition) is 3. The molecule has 3 rings (SSSR count). The molecule has 0 radical (unpaired) electrons. The first kappa shape index (κ1) is 19.3. The normalized spacial score (nSPS) is 11.2. The first-order valence-corrected chi connectivity index (χ1v) is 8.78. The summed E-state index contributed by atoms with van der Waals surface area (Å²) in [6, 6.07) is 8.43. The van der Waals surface area contributed by atoms with Crippen molar-refractivity contribution in [3.63, 3.8) is 0 Å². The number of carboxylic acids is 1. The fourth-order valence-corrected chi connectivity index (χ4v) is 2.97. The van der Waals surface area contributed by atoms with Gasteiger partial charge >= 0.3 is 5.97 Å². The lowest BCUT2D eigenvalue weighted by Crippen LogP contribution is -2.12. The van der Waals surface area contributed by atoms with Crippen LogP contribution in [0.5, 0.6) is 0 Å². The number of benzene rings is 2. The average molecular weight is 381 g/mol. The smallest absolute Gasteiger partial charge is 0.303 e. The average Bonchev–Trinajstić information content (AvgIpc) is 3.03. The number of nitrogens with one attached hydrogen (secondary N) is 2. The maximum absolute atomic E-state index is 13.9. The van der Waals surface area contributed by atoms with E-state index < -0.39 is 17.7 Å². The van der Waals surface area contributed by atoms with Gasteiger partial charge in [-0.15, -0.1) is 0 Å². The monoisotopic (exact) mass is 381 g/mol. The number of carbonyl (C=O) groups excluding carboxylic acids is 1. The molecule has 0 atom stereocenters. The van der Waals surface area contributed by atoms with Crippen molar-refractivity contribution >= 4 is 34.5 Å². The molecule has 28 heavy (non-hydrogen) atoms. The van der Waals surface area contributed by atoms with Crippen LogP contribution in [0.4, 0.5) is 10.1 Å². The summed E-state index contributed by atoms with van der Waals surface area (Å²) in [5.74, 6) is -1.84. The molecule has 0 bridgehead atoms. The van der Waals surface area contributed by atoms with Crippen molar-refractivity contribution in [2.75, 3.05) is 5.32 Å². The van der Waals surface area contributed by atoms with Gasteiger partial charge in [-0.05, 0) is 49.6 Å². The van der Waals surface area contributed by atoms with E-state index in [1.54, 1.807) is 13.0 Å². The van der Waals surface area contributed by atoms with Crippen LogP contribution in [0.25, 0.3) is 17.0 Å². The van der Waals surface area contributed by atoms with Crippen LogP contribution in [-0.4, -0.2) is 27.2 Å². The number of H-pyrrole nitrogens is 1. The maximum atomic E-state index is 13.9. The lowest BCUT2D eigenvalue weighted by atomic mass is 10.0. The number of carbonyl (C=O) groups is 2. The number of aromatic amines is 1.